The molecule has 0 aliphatic heterocycles. The van der Waals surface area contributed by atoms with Gasteiger partial charge in [0.15, 0.2) is 0 Å². The average molecular weight is 278 g/mol. The van der Waals surface area contributed by atoms with Gasteiger partial charge in [0.05, 0.1) is 10.7 Å². The highest BCUT2D eigenvalue weighted by Crippen LogP contribution is 2.63. The van der Waals surface area contributed by atoms with Crippen LogP contribution in [0.25, 0.3) is 0 Å². The van der Waals surface area contributed by atoms with Crippen LogP contribution in [0.3, 0.4) is 0 Å². The zero-order chi connectivity index (χ0) is 13.8. The number of halogens is 1. The van der Waals surface area contributed by atoms with Gasteiger partial charge in [-0.3, -0.25) is 0 Å². The molecule has 1 aromatic carbocycles. The Labute approximate surface area is 121 Å². The van der Waals surface area contributed by atoms with Crippen LogP contribution in [0.15, 0.2) is 18.2 Å². The molecule has 1 aromatic rings. The minimum Gasteiger partial charge on any atom is -0.380 e. The third kappa shape index (κ3) is 1.98. The Kier molecular flexibility index (Phi) is 2.91. The number of anilines is 1. The van der Waals surface area contributed by atoms with Gasteiger partial charge < -0.3 is 5.32 Å². The van der Waals surface area contributed by atoms with Crippen LogP contribution in [-0.4, -0.2) is 6.04 Å². The van der Waals surface area contributed by atoms with Crippen LogP contribution < -0.4 is 5.32 Å². The highest BCUT2D eigenvalue weighted by atomic mass is 35.5. The highest BCUT2D eigenvalue weighted by Gasteiger charge is 2.59. The second kappa shape index (κ2) is 4.15. The molecule has 1 nitrogen and oxygen atoms in total. The number of aryl methyl sites for hydroxylation is 1. The molecule has 1 N–H and O–H groups in total. The Morgan fingerprint density at radius 2 is 2.00 bits per heavy atom. The minimum absolute atomic E-state index is 0.362. The van der Waals surface area contributed by atoms with Crippen molar-refractivity contribution >= 4 is 17.3 Å². The molecule has 2 aliphatic carbocycles. The Bertz CT molecular complexity index is 503. The van der Waals surface area contributed by atoms with E-state index in [0.717, 1.165) is 16.6 Å². The number of benzene rings is 1. The van der Waals surface area contributed by atoms with Gasteiger partial charge in [-0.25, -0.2) is 0 Å². The molecule has 0 spiro atoms. The molecule has 2 heteroatoms. The lowest BCUT2D eigenvalue weighted by Gasteiger charge is -2.43. The first-order valence-electron chi connectivity index (χ1n) is 7.36. The molecule has 0 aromatic heterocycles. The Morgan fingerprint density at radius 3 is 2.58 bits per heavy atom. The van der Waals surface area contributed by atoms with Gasteiger partial charge in [-0.05, 0) is 60.6 Å². The van der Waals surface area contributed by atoms with Crippen molar-refractivity contribution in [3.8, 4) is 0 Å². The molecular formula is C17H24ClN. The summed E-state index contributed by atoms with van der Waals surface area (Å²) in [5.74, 6) is 0.860. The summed E-state index contributed by atoms with van der Waals surface area (Å²) in [6, 6.07) is 6.84. The lowest BCUT2D eigenvalue weighted by Crippen LogP contribution is -2.45. The van der Waals surface area contributed by atoms with Gasteiger partial charge in [-0.1, -0.05) is 38.4 Å². The van der Waals surface area contributed by atoms with Crippen LogP contribution in [0.1, 0.15) is 45.6 Å². The Morgan fingerprint density at radius 1 is 1.26 bits per heavy atom. The number of rotatable bonds is 2. The monoisotopic (exact) mass is 277 g/mol. The van der Waals surface area contributed by atoms with Crippen molar-refractivity contribution in [2.24, 2.45) is 16.7 Å². The van der Waals surface area contributed by atoms with Crippen LogP contribution >= 0.6 is 11.6 Å². The van der Waals surface area contributed by atoms with Crippen molar-refractivity contribution in [3.63, 3.8) is 0 Å². The fourth-order valence-electron chi connectivity index (χ4n) is 4.55. The van der Waals surface area contributed by atoms with E-state index in [1.807, 2.05) is 6.07 Å². The summed E-state index contributed by atoms with van der Waals surface area (Å²) in [7, 11) is 0. The Hall–Kier alpha value is -0.690. The molecule has 2 fully saturated rings. The zero-order valence-corrected chi connectivity index (χ0v) is 13.1. The van der Waals surface area contributed by atoms with E-state index in [1.54, 1.807) is 0 Å². The van der Waals surface area contributed by atoms with Crippen molar-refractivity contribution in [1.82, 2.24) is 0 Å². The molecule has 2 aliphatic rings. The summed E-state index contributed by atoms with van der Waals surface area (Å²) in [5, 5.41) is 4.62. The highest BCUT2D eigenvalue weighted by molar-refractivity contribution is 6.33. The van der Waals surface area contributed by atoms with Crippen LogP contribution in [0.5, 0.6) is 0 Å². The van der Waals surface area contributed by atoms with E-state index in [1.165, 1.54) is 24.8 Å². The number of nitrogens with one attached hydrogen (secondary N) is 1. The number of fused-ring (bicyclic) bond motifs is 2. The molecule has 3 atom stereocenters. The zero-order valence-electron chi connectivity index (χ0n) is 12.4. The van der Waals surface area contributed by atoms with Crippen molar-refractivity contribution < 1.29 is 0 Å². The molecule has 0 radical (unpaired) electrons. The molecule has 3 rings (SSSR count). The van der Waals surface area contributed by atoms with Crippen molar-refractivity contribution in [2.75, 3.05) is 5.32 Å². The predicted octanol–water partition coefficient (Wildman–Crippen LogP) is 5.28. The van der Waals surface area contributed by atoms with E-state index in [0.29, 0.717) is 16.9 Å². The second-order valence-electron chi connectivity index (χ2n) is 7.48. The first-order chi connectivity index (χ1) is 8.83. The summed E-state index contributed by atoms with van der Waals surface area (Å²) in [4.78, 5) is 0. The molecule has 19 heavy (non-hydrogen) atoms. The molecule has 1 unspecified atom stereocenters. The van der Waals surface area contributed by atoms with Gasteiger partial charge >= 0.3 is 0 Å². The lowest BCUT2D eigenvalue weighted by molar-refractivity contribution is 0.155. The first kappa shape index (κ1) is 13.3. The van der Waals surface area contributed by atoms with Crippen LogP contribution in [0, 0.1) is 23.7 Å². The van der Waals surface area contributed by atoms with Crippen LogP contribution in [0.4, 0.5) is 5.69 Å². The molecular weight excluding hydrogens is 254 g/mol. The maximum absolute atomic E-state index is 6.39. The maximum atomic E-state index is 6.39. The first-order valence-corrected chi connectivity index (χ1v) is 7.73. The summed E-state index contributed by atoms with van der Waals surface area (Å²) in [5.41, 5.74) is 3.11. The standard InChI is InChI=1S/C17H24ClN/c1-11-5-6-14(13(18)9-11)19-15-16(2,3)12-7-8-17(15,4)10-12/h5-6,9,12,15,19H,7-8,10H2,1-4H3/t12-,15?,17+/m0/s1. The van der Waals surface area contributed by atoms with Crippen LogP contribution in [0.2, 0.25) is 5.02 Å². The Balaban J connectivity index is 1.90. The topological polar surface area (TPSA) is 12.0 Å². The largest absolute Gasteiger partial charge is 0.380 e. The molecule has 0 saturated heterocycles. The molecule has 0 heterocycles. The van der Waals surface area contributed by atoms with E-state index in [2.05, 4.69) is 45.1 Å². The van der Waals surface area contributed by atoms with Crippen molar-refractivity contribution in [1.29, 1.82) is 0 Å². The van der Waals surface area contributed by atoms with Gasteiger partial charge in [0.2, 0.25) is 0 Å². The fraction of sp³-hybridized carbons (Fsp3) is 0.647. The lowest BCUT2D eigenvalue weighted by atomic mass is 9.68. The van der Waals surface area contributed by atoms with Gasteiger partial charge in [-0.2, -0.15) is 0 Å². The molecule has 2 bridgehead atoms. The normalized spacial score (nSPS) is 35.6. The minimum atomic E-state index is 0.362. The SMILES string of the molecule is Cc1ccc(NC2C(C)(C)[C@H]3CC[C@]2(C)C3)c(Cl)c1. The average Bonchev–Trinajstić information content (AvgIpc) is 2.78. The van der Waals surface area contributed by atoms with Crippen molar-refractivity contribution in [3.05, 3.63) is 28.8 Å². The van der Waals surface area contributed by atoms with Gasteiger partial charge in [0.25, 0.3) is 0 Å². The van der Waals surface area contributed by atoms with Crippen molar-refractivity contribution in [2.45, 2.75) is 53.0 Å². The number of hydrogen-bond acceptors (Lipinski definition) is 1. The van der Waals surface area contributed by atoms with E-state index >= 15 is 0 Å². The van der Waals surface area contributed by atoms with Gasteiger partial charge in [0, 0.05) is 6.04 Å². The fourth-order valence-corrected chi connectivity index (χ4v) is 4.84. The summed E-state index contributed by atoms with van der Waals surface area (Å²) >= 11 is 6.39. The third-order valence-corrected chi connectivity index (χ3v) is 6.01. The van der Waals surface area contributed by atoms with E-state index in [4.69, 9.17) is 11.6 Å². The van der Waals surface area contributed by atoms with Gasteiger partial charge in [-0.15, -0.1) is 0 Å². The molecule has 0 amide bonds. The molecule has 104 valence electrons. The van der Waals surface area contributed by atoms with Gasteiger partial charge in [0.1, 0.15) is 0 Å². The maximum Gasteiger partial charge on any atom is 0.0640 e. The second-order valence-corrected chi connectivity index (χ2v) is 7.88. The van der Waals surface area contributed by atoms with Crippen LogP contribution in [-0.2, 0) is 0 Å². The summed E-state index contributed by atoms with van der Waals surface area (Å²) in [6.45, 7) is 9.36. The smallest absolute Gasteiger partial charge is 0.0640 e. The van der Waals surface area contributed by atoms with E-state index < -0.39 is 0 Å². The summed E-state index contributed by atoms with van der Waals surface area (Å²) < 4.78 is 0. The third-order valence-electron chi connectivity index (χ3n) is 5.69. The summed E-state index contributed by atoms with van der Waals surface area (Å²) in [6.07, 6.45) is 4.10. The van der Waals surface area contributed by atoms with E-state index in [-0.39, 0.29) is 0 Å². The molecule has 2 saturated carbocycles. The van der Waals surface area contributed by atoms with E-state index in [9.17, 15) is 0 Å². The predicted molar refractivity (Wildman–Crippen MR) is 82.8 cm³/mol. The quantitative estimate of drug-likeness (QED) is 0.776. The number of hydrogen-bond donors (Lipinski definition) is 1.